The summed E-state index contributed by atoms with van der Waals surface area (Å²) in [5.74, 6) is -0.847. The molecule has 0 fully saturated rings. The summed E-state index contributed by atoms with van der Waals surface area (Å²) in [7, 11) is 0. The zero-order valence-electron chi connectivity index (χ0n) is 7.63. The van der Waals surface area contributed by atoms with Gasteiger partial charge in [-0.05, 0) is 30.2 Å². The number of hydrogen-bond acceptors (Lipinski definition) is 1. The van der Waals surface area contributed by atoms with E-state index in [0.717, 1.165) is 11.1 Å². The largest absolute Gasteiger partial charge is 0.481 e. The van der Waals surface area contributed by atoms with Crippen LogP contribution in [0.2, 0.25) is 5.02 Å². The molecule has 0 aliphatic carbocycles. The van der Waals surface area contributed by atoms with Crippen LogP contribution >= 0.6 is 27.5 Å². The molecule has 1 atom stereocenters. The van der Waals surface area contributed by atoms with E-state index in [1.807, 2.05) is 19.1 Å². The number of carbonyl (C=O) groups is 1. The summed E-state index contributed by atoms with van der Waals surface area (Å²) in [4.78, 5) is 10.7. The Balaban J connectivity index is 3.01. The molecule has 0 aromatic heterocycles. The number of hydrogen-bond donors (Lipinski definition) is 1. The van der Waals surface area contributed by atoms with Crippen molar-refractivity contribution >= 4 is 33.5 Å². The molecule has 2 nitrogen and oxygen atoms in total. The number of carboxylic acids is 1. The van der Waals surface area contributed by atoms with Crippen LogP contribution in [0.1, 0.15) is 22.9 Å². The fraction of sp³-hybridized carbons (Fsp3) is 0.300. The molecular formula is C10H10BrClO2. The highest BCUT2D eigenvalue weighted by molar-refractivity contribution is 9.09. The molecule has 0 spiro atoms. The molecule has 1 aromatic carbocycles. The summed E-state index contributed by atoms with van der Waals surface area (Å²) >= 11 is 9.27. The molecule has 76 valence electrons. The topological polar surface area (TPSA) is 37.3 Å². The Labute approximate surface area is 96.0 Å². The van der Waals surface area contributed by atoms with Crippen LogP contribution in [0.15, 0.2) is 18.2 Å². The standard InChI is InChI=1S/C10H10BrClO2/c1-6(11)8-2-7(4-10(13)14)3-9(12)5-8/h2-3,5-6H,4H2,1H3,(H,13,14). The Bertz CT molecular complexity index is 350. The molecule has 0 heterocycles. The molecule has 0 saturated carbocycles. The van der Waals surface area contributed by atoms with Gasteiger partial charge in [0.1, 0.15) is 0 Å². The highest BCUT2D eigenvalue weighted by Crippen LogP contribution is 2.26. The molecule has 0 aliphatic rings. The van der Waals surface area contributed by atoms with Gasteiger partial charge in [-0.3, -0.25) is 4.79 Å². The first-order chi connectivity index (χ1) is 6.49. The molecule has 1 unspecified atom stereocenters. The second kappa shape index (κ2) is 4.80. The van der Waals surface area contributed by atoms with Crippen LogP contribution in [0, 0.1) is 0 Å². The SMILES string of the molecule is CC(Br)c1cc(Cl)cc(CC(=O)O)c1. The van der Waals surface area contributed by atoms with Crippen molar-refractivity contribution in [2.45, 2.75) is 18.2 Å². The van der Waals surface area contributed by atoms with Crippen LogP contribution in [0.4, 0.5) is 0 Å². The van der Waals surface area contributed by atoms with E-state index in [2.05, 4.69) is 15.9 Å². The lowest BCUT2D eigenvalue weighted by molar-refractivity contribution is -0.136. The molecule has 0 radical (unpaired) electrons. The summed E-state index contributed by atoms with van der Waals surface area (Å²) in [5, 5.41) is 9.21. The van der Waals surface area contributed by atoms with Crippen LogP contribution in [0.25, 0.3) is 0 Å². The van der Waals surface area contributed by atoms with E-state index >= 15 is 0 Å². The van der Waals surface area contributed by atoms with E-state index in [1.54, 1.807) is 6.07 Å². The van der Waals surface area contributed by atoms with Gasteiger partial charge in [-0.25, -0.2) is 0 Å². The maximum atomic E-state index is 10.5. The third kappa shape index (κ3) is 3.31. The number of alkyl halides is 1. The number of aliphatic carboxylic acids is 1. The van der Waals surface area contributed by atoms with Crippen LogP contribution in [0.3, 0.4) is 0 Å². The Kier molecular flexibility index (Phi) is 3.96. The van der Waals surface area contributed by atoms with E-state index in [1.165, 1.54) is 0 Å². The zero-order valence-corrected chi connectivity index (χ0v) is 9.97. The van der Waals surface area contributed by atoms with Gasteiger partial charge < -0.3 is 5.11 Å². The molecule has 4 heteroatoms. The van der Waals surface area contributed by atoms with Crippen molar-refractivity contribution in [2.24, 2.45) is 0 Å². The van der Waals surface area contributed by atoms with E-state index in [0.29, 0.717) is 5.02 Å². The second-order valence-electron chi connectivity index (χ2n) is 3.08. The maximum Gasteiger partial charge on any atom is 0.307 e. The molecule has 14 heavy (non-hydrogen) atoms. The Morgan fingerprint density at radius 3 is 2.71 bits per heavy atom. The summed E-state index contributed by atoms with van der Waals surface area (Å²) < 4.78 is 0. The highest BCUT2D eigenvalue weighted by atomic mass is 79.9. The highest BCUT2D eigenvalue weighted by Gasteiger charge is 2.06. The van der Waals surface area contributed by atoms with Gasteiger partial charge in [-0.2, -0.15) is 0 Å². The molecule has 0 bridgehead atoms. The summed E-state index contributed by atoms with van der Waals surface area (Å²) in [6.45, 7) is 1.97. The van der Waals surface area contributed by atoms with Crippen molar-refractivity contribution in [3.8, 4) is 0 Å². The van der Waals surface area contributed by atoms with Crippen LogP contribution in [-0.2, 0) is 11.2 Å². The summed E-state index contributed by atoms with van der Waals surface area (Å²) in [6, 6.07) is 5.35. The van der Waals surface area contributed by atoms with Crippen molar-refractivity contribution < 1.29 is 9.90 Å². The molecule has 1 N–H and O–H groups in total. The average molecular weight is 278 g/mol. The lowest BCUT2D eigenvalue weighted by Gasteiger charge is -2.06. The summed E-state index contributed by atoms with van der Waals surface area (Å²) in [5.41, 5.74) is 1.72. The maximum absolute atomic E-state index is 10.5. The minimum Gasteiger partial charge on any atom is -0.481 e. The predicted octanol–water partition coefficient (Wildman–Crippen LogP) is 3.42. The van der Waals surface area contributed by atoms with Crippen molar-refractivity contribution in [1.29, 1.82) is 0 Å². The smallest absolute Gasteiger partial charge is 0.307 e. The Morgan fingerprint density at radius 2 is 2.21 bits per heavy atom. The van der Waals surface area contributed by atoms with Gasteiger partial charge in [0.15, 0.2) is 0 Å². The third-order valence-corrected chi connectivity index (χ3v) is 2.54. The predicted molar refractivity (Wildman–Crippen MR) is 60.1 cm³/mol. The van der Waals surface area contributed by atoms with Crippen molar-refractivity contribution in [3.05, 3.63) is 34.3 Å². The fourth-order valence-corrected chi connectivity index (χ4v) is 1.71. The van der Waals surface area contributed by atoms with Crippen LogP contribution in [-0.4, -0.2) is 11.1 Å². The van der Waals surface area contributed by atoms with Crippen molar-refractivity contribution in [1.82, 2.24) is 0 Å². The van der Waals surface area contributed by atoms with Crippen LogP contribution < -0.4 is 0 Å². The summed E-state index contributed by atoms with van der Waals surface area (Å²) in [6.07, 6.45) is 0.00722. The number of carboxylic acid groups (broad SMARTS) is 1. The lowest BCUT2D eigenvalue weighted by Crippen LogP contribution is -2.00. The van der Waals surface area contributed by atoms with Gasteiger partial charge in [-0.1, -0.05) is 33.6 Å². The number of benzene rings is 1. The molecule has 0 saturated heterocycles. The first-order valence-corrected chi connectivity index (χ1v) is 5.43. The number of halogens is 2. The fourth-order valence-electron chi connectivity index (χ4n) is 1.18. The molecule has 1 rings (SSSR count). The van der Waals surface area contributed by atoms with E-state index in [4.69, 9.17) is 16.7 Å². The van der Waals surface area contributed by atoms with E-state index in [-0.39, 0.29) is 11.2 Å². The normalized spacial score (nSPS) is 12.5. The van der Waals surface area contributed by atoms with E-state index < -0.39 is 5.97 Å². The first kappa shape index (κ1) is 11.5. The molecule has 0 amide bonds. The van der Waals surface area contributed by atoms with Gasteiger partial charge in [-0.15, -0.1) is 0 Å². The minimum atomic E-state index is -0.847. The molecule has 0 aliphatic heterocycles. The first-order valence-electron chi connectivity index (χ1n) is 4.14. The van der Waals surface area contributed by atoms with Crippen molar-refractivity contribution in [2.75, 3.05) is 0 Å². The molecule has 1 aromatic rings. The lowest BCUT2D eigenvalue weighted by atomic mass is 10.1. The number of rotatable bonds is 3. The van der Waals surface area contributed by atoms with Gasteiger partial charge >= 0.3 is 5.97 Å². The van der Waals surface area contributed by atoms with Gasteiger partial charge in [0.25, 0.3) is 0 Å². The Hall–Kier alpha value is -0.540. The van der Waals surface area contributed by atoms with Gasteiger partial charge in [0.2, 0.25) is 0 Å². The zero-order chi connectivity index (χ0) is 10.7. The average Bonchev–Trinajstić information content (AvgIpc) is 2.01. The molecular weight excluding hydrogens is 267 g/mol. The van der Waals surface area contributed by atoms with Gasteiger partial charge in [0, 0.05) is 9.85 Å². The second-order valence-corrected chi connectivity index (χ2v) is 4.89. The van der Waals surface area contributed by atoms with Gasteiger partial charge in [0.05, 0.1) is 6.42 Å². The minimum absolute atomic E-state index is 0.00722. The Morgan fingerprint density at radius 1 is 1.57 bits per heavy atom. The van der Waals surface area contributed by atoms with E-state index in [9.17, 15) is 4.79 Å². The monoisotopic (exact) mass is 276 g/mol. The van der Waals surface area contributed by atoms with Crippen molar-refractivity contribution in [3.63, 3.8) is 0 Å². The van der Waals surface area contributed by atoms with Crippen LogP contribution in [0.5, 0.6) is 0 Å². The quantitative estimate of drug-likeness (QED) is 0.860. The third-order valence-electron chi connectivity index (χ3n) is 1.79.